The lowest BCUT2D eigenvalue weighted by Gasteiger charge is -1.98. The van der Waals surface area contributed by atoms with Crippen LogP contribution in [0, 0.1) is 5.82 Å². The quantitative estimate of drug-likeness (QED) is 0.788. The third-order valence-corrected chi connectivity index (χ3v) is 1.81. The number of benzene rings is 1. The minimum absolute atomic E-state index is 0.291. The molecule has 0 heterocycles. The van der Waals surface area contributed by atoms with Crippen molar-refractivity contribution in [2.75, 3.05) is 6.54 Å². The first-order chi connectivity index (χ1) is 6.72. The molecule has 1 aromatic rings. The normalized spacial score (nSPS) is 13.4. The molecule has 0 fully saturated rings. The van der Waals surface area contributed by atoms with Crippen LogP contribution in [-0.4, -0.2) is 12.7 Å². The summed E-state index contributed by atoms with van der Waals surface area (Å²) in [5, 5.41) is 0. The van der Waals surface area contributed by atoms with Crippen molar-refractivity contribution in [3.63, 3.8) is 0 Å². The Morgan fingerprint density at radius 2 is 1.93 bits per heavy atom. The van der Waals surface area contributed by atoms with Crippen molar-refractivity contribution in [3.05, 3.63) is 41.7 Å². The van der Waals surface area contributed by atoms with Gasteiger partial charge < -0.3 is 5.73 Å². The minimum atomic E-state index is -1.02. The molecule has 0 aliphatic rings. The van der Waals surface area contributed by atoms with Gasteiger partial charge in [0.15, 0.2) is 0 Å². The van der Waals surface area contributed by atoms with Crippen LogP contribution < -0.4 is 5.73 Å². The van der Waals surface area contributed by atoms with Gasteiger partial charge in [-0.3, -0.25) is 0 Å². The molecule has 0 bridgehead atoms. The lowest BCUT2D eigenvalue weighted by molar-refractivity contribution is 0.384. The number of rotatable bonds is 4. The second-order valence-corrected chi connectivity index (χ2v) is 3.00. The molecular weight excluding hydrogens is 184 g/mol. The highest BCUT2D eigenvalue weighted by Gasteiger charge is 1.98. The number of nitrogens with two attached hydrogens (primary N) is 1. The van der Waals surface area contributed by atoms with Gasteiger partial charge in [0.25, 0.3) is 0 Å². The predicted molar refractivity (Wildman–Crippen MR) is 54.0 cm³/mol. The van der Waals surface area contributed by atoms with Gasteiger partial charge in [-0.2, -0.15) is 0 Å². The molecule has 1 rings (SSSR count). The average Bonchev–Trinajstić information content (AvgIpc) is 2.17. The SMILES string of the molecule is NCCC(F)/C=C/c1ccc(F)cc1. The van der Waals surface area contributed by atoms with Crippen LogP contribution in [0.15, 0.2) is 30.3 Å². The van der Waals surface area contributed by atoms with E-state index < -0.39 is 6.17 Å². The van der Waals surface area contributed by atoms with E-state index in [1.54, 1.807) is 18.2 Å². The Morgan fingerprint density at radius 3 is 2.50 bits per heavy atom. The summed E-state index contributed by atoms with van der Waals surface area (Å²) >= 11 is 0. The summed E-state index contributed by atoms with van der Waals surface area (Å²) in [6, 6.07) is 5.88. The molecule has 3 heteroatoms. The number of alkyl halides is 1. The zero-order valence-corrected chi connectivity index (χ0v) is 7.79. The largest absolute Gasteiger partial charge is 0.330 e. The monoisotopic (exact) mass is 197 g/mol. The van der Waals surface area contributed by atoms with E-state index in [4.69, 9.17) is 5.73 Å². The van der Waals surface area contributed by atoms with Gasteiger partial charge in [-0.05, 0) is 30.7 Å². The molecule has 1 unspecified atom stereocenters. The highest BCUT2D eigenvalue weighted by molar-refractivity contribution is 5.49. The maximum atomic E-state index is 12.9. The lowest BCUT2D eigenvalue weighted by Crippen LogP contribution is -2.06. The zero-order chi connectivity index (χ0) is 10.4. The van der Waals surface area contributed by atoms with Gasteiger partial charge in [-0.1, -0.05) is 24.3 Å². The van der Waals surface area contributed by atoms with E-state index in [0.29, 0.717) is 13.0 Å². The first kappa shape index (κ1) is 10.9. The topological polar surface area (TPSA) is 26.0 Å². The van der Waals surface area contributed by atoms with Crippen LogP contribution in [0.3, 0.4) is 0 Å². The van der Waals surface area contributed by atoms with Gasteiger partial charge in [0.2, 0.25) is 0 Å². The summed E-state index contributed by atoms with van der Waals surface area (Å²) in [6.07, 6.45) is 2.35. The molecule has 0 radical (unpaired) electrons. The highest BCUT2D eigenvalue weighted by atomic mass is 19.1. The lowest BCUT2D eigenvalue weighted by atomic mass is 10.1. The van der Waals surface area contributed by atoms with Crippen molar-refractivity contribution in [2.45, 2.75) is 12.6 Å². The Kier molecular flexibility index (Phi) is 4.26. The van der Waals surface area contributed by atoms with E-state index in [9.17, 15) is 8.78 Å². The van der Waals surface area contributed by atoms with E-state index in [2.05, 4.69) is 0 Å². The summed E-state index contributed by atoms with van der Waals surface area (Å²) in [4.78, 5) is 0. The van der Waals surface area contributed by atoms with Gasteiger partial charge in [0.1, 0.15) is 12.0 Å². The van der Waals surface area contributed by atoms with Crippen molar-refractivity contribution in [1.29, 1.82) is 0 Å². The molecule has 76 valence electrons. The van der Waals surface area contributed by atoms with E-state index in [-0.39, 0.29) is 5.82 Å². The fourth-order valence-corrected chi connectivity index (χ4v) is 1.04. The van der Waals surface area contributed by atoms with Crippen molar-refractivity contribution >= 4 is 6.08 Å². The summed E-state index contributed by atoms with van der Waals surface area (Å²) in [7, 11) is 0. The average molecular weight is 197 g/mol. The third-order valence-electron chi connectivity index (χ3n) is 1.81. The minimum Gasteiger partial charge on any atom is -0.330 e. The second kappa shape index (κ2) is 5.50. The van der Waals surface area contributed by atoms with E-state index >= 15 is 0 Å². The zero-order valence-electron chi connectivity index (χ0n) is 7.79. The highest BCUT2D eigenvalue weighted by Crippen LogP contribution is 2.07. The van der Waals surface area contributed by atoms with Crippen LogP contribution in [-0.2, 0) is 0 Å². The van der Waals surface area contributed by atoms with Gasteiger partial charge in [-0.15, -0.1) is 0 Å². The second-order valence-electron chi connectivity index (χ2n) is 3.00. The van der Waals surface area contributed by atoms with Gasteiger partial charge in [0, 0.05) is 0 Å². The Morgan fingerprint density at radius 1 is 1.29 bits per heavy atom. The number of hydrogen-bond donors (Lipinski definition) is 1. The fraction of sp³-hybridized carbons (Fsp3) is 0.273. The first-order valence-electron chi connectivity index (χ1n) is 4.50. The Bertz CT molecular complexity index is 293. The third kappa shape index (κ3) is 3.66. The van der Waals surface area contributed by atoms with Crippen molar-refractivity contribution < 1.29 is 8.78 Å². The fourth-order valence-electron chi connectivity index (χ4n) is 1.04. The first-order valence-corrected chi connectivity index (χ1v) is 4.50. The smallest absolute Gasteiger partial charge is 0.123 e. The predicted octanol–water partition coefficient (Wildman–Crippen LogP) is 2.53. The van der Waals surface area contributed by atoms with Crippen molar-refractivity contribution in [3.8, 4) is 0 Å². The molecule has 2 N–H and O–H groups in total. The molecule has 1 aromatic carbocycles. The molecule has 0 spiro atoms. The molecule has 14 heavy (non-hydrogen) atoms. The summed E-state index contributed by atoms with van der Waals surface area (Å²) < 4.78 is 25.4. The molecule has 0 aliphatic heterocycles. The van der Waals surface area contributed by atoms with Crippen LogP contribution in [0.2, 0.25) is 0 Å². The van der Waals surface area contributed by atoms with Crippen molar-refractivity contribution in [2.24, 2.45) is 5.73 Å². The maximum absolute atomic E-state index is 12.9. The summed E-state index contributed by atoms with van der Waals surface area (Å²) in [5.41, 5.74) is 5.98. The van der Waals surface area contributed by atoms with Crippen LogP contribution in [0.1, 0.15) is 12.0 Å². The van der Waals surface area contributed by atoms with Gasteiger partial charge in [-0.25, -0.2) is 8.78 Å². The summed E-state index contributed by atoms with van der Waals surface area (Å²) in [6.45, 7) is 0.328. The van der Waals surface area contributed by atoms with Gasteiger partial charge in [0.05, 0.1) is 0 Å². The number of hydrogen-bond acceptors (Lipinski definition) is 1. The van der Waals surface area contributed by atoms with E-state index in [1.165, 1.54) is 18.2 Å². The van der Waals surface area contributed by atoms with Crippen LogP contribution >= 0.6 is 0 Å². The van der Waals surface area contributed by atoms with Crippen LogP contribution in [0.4, 0.5) is 8.78 Å². The molecular formula is C11H13F2N. The molecule has 0 saturated heterocycles. The molecule has 0 saturated carbocycles. The Balaban J connectivity index is 2.55. The molecule has 0 aromatic heterocycles. The number of allylic oxidation sites excluding steroid dienone is 1. The van der Waals surface area contributed by atoms with E-state index in [1.807, 2.05) is 0 Å². The van der Waals surface area contributed by atoms with Crippen molar-refractivity contribution in [1.82, 2.24) is 0 Å². The number of halogens is 2. The maximum Gasteiger partial charge on any atom is 0.123 e. The standard InChI is InChI=1S/C11H13F2N/c12-10-4-1-9(2-5-10)3-6-11(13)7-8-14/h1-6,11H,7-8,14H2/b6-3+. The van der Waals surface area contributed by atoms with E-state index in [0.717, 1.165) is 5.56 Å². The Hall–Kier alpha value is -1.22. The van der Waals surface area contributed by atoms with Crippen LogP contribution in [0.25, 0.3) is 6.08 Å². The summed E-state index contributed by atoms with van der Waals surface area (Å²) in [5.74, 6) is -0.291. The molecule has 1 nitrogen and oxygen atoms in total. The van der Waals surface area contributed by atoms with Gasteiger partial charge >= 0.3 is 0 Å². The molecule has 0 aliphatic carbocycles. The molecule has 0 amide bonds. The Labute approximate surface area is 82.2 Å². The van der Waals surface area contributed by atoms with Crippen LogP contribution in [0.5, 0.6) is 0 Å². The molecule has 1 atom stereocenters.